The van der Waals surface area contributed by atoms with Crippen LogP contribution in [0.15, 0.2) is 35.4 Å². The average molecular weight is 271 g/mol. The summed E-state index contributed by atoms with van der Waals surface area (Å²) in [4.78, 5) is 17.5. The zero-order valence-corrected chi connectivity index (χ0v) is 11.6. The summed E-state index contributed by atoms with van der Waals surface area (Å²) in [6, 6.07) is 11.6. The third-order valence-corrected chi connectivity index (χ3v) is 3.62. The zero-order valence-electron chi connectivity index (χ0n) is 10.8. The summed E-state index contributed by atoms with van der Waals surface area (Å²) in [5, 5.41) is 10.7. The van der Waals surface area contributed by atoms with Gasteiger partial charge in [0.2, 0.25) is 5.91 Å². The monoisotopic (exact) mass is 271 g/mol. The summed E-state index contributed by atoms with van der Waals surface area (Å²) >= 11 is 1.30. The second-order valence-corrected chi connectivity index (χ2v) is 5.19. The fraction of sp³-hybridized carbons (Fsp3) is 0.214. The minimum absolute atomic E-state index is 0.00356. The summed E-state index contributed by atoms with van der Waals surface area (Å²) in [6.45, 7) is 0. The molecule has 0 aliphatic rings. The molecule has 0 aliphatic heterocycles. The average Bonchev–Trinajstić information content (AvgIpc) is 2.43. The van der Waals surface area contributed by atoms with Crippen molar-refractivity contribution in [1.29, 1.82) is 5.26 Å². The molecule has 0 aliphatic carbocycles. The molecule has 0 atom stereocenters. The summed E-state index contributed by atoms with van der Waals surface area (Å²) in [5.41, 5.74) is 1.34. The number of para-hydroxylation sites is 1. The van der Waals surface area contributed by atoms with Gasteiger partial charge in [0.25, 0.3) is 0 Å². The van der Waals surface area contributed by atoms with Gasteiger partial charge < -0.3 is 4.90 Å². The van der Waals surface area contributed by atoms with Crippen molar-refractivity contribution in [1.82, 2.24) is 9.88 Å². The van der Waals surface area contributed by atoms with Gasteiger partial charge in [-0.15, -0.1) is 0 Å². The van der Waals surface area contributed by atoms with Crippen LogP contribution in [0.2, 0.25) is 0 Å². The Balaban J connectivity index is 2.31. The number of amides is 1. The second kappa shape index (κ2) is 5.72. The Morgan fingerprint density at radius 2 is 2.16 bits per heavy atom. The van der Waals surface area contributed by atoms with Crippen LogP contribution in [0.1, 0.15) is 5.56 Å². The molecule has 1 heterocycles. The number of rotatable bonds is 3. The van der Waals surface area contributed by atoms with Gasteiger partial charge in [-0.05, 0) is 12.1 Å². The highest BCUT2D eigenvalue weighted by Crippen LogP contribution is 2.24. The Labute approximate surface area is 116 Å². The van der Waals surface area contributed by atoms with Crippen LogP contribution in [-0.4, -0.2) is 35.6 Å². The molecule has 96 valence electrons. The molecule has 1 aromatic carbocycles. The van der Waals surface area contributed by atoms with E-state index in [1.165, 1.54) is 16.7 Å². The maximum absolute atomic E-state index is 11.6. The molecule has 0 fully saturated rings. The van der Waals surface area contributed by atoms with Gasteiger partial charge in [0.05, 0.1) is 16.8 Å². The van der Waals surface area contributed by atoms with Crippen LogP contribution in [0.25, 0.3) is 10.9 Å². The lowest BCUT2D eigenvalue weighted by molar-refractivity contribution is -0.125. The van der Waals surface area contributed by atoms with E-state index >= 15 is 0 Å². The Bertz CT molecular complexity index is 661. The highest BCUT2D eigenvalue weighted by atomic mass is 32.2. The lowest BCUT2D eigenvalue weighted by Crippen LogP contribution is -2.23. The third kappa shape index (κ3) is 3.04. The Morgan fingerprint density at radius 3 is 2.84 bits per heavy atom. The Kier molecular flexibility index (Phi) is 4.03. The van der Waals surface area contributed by atoms with Crippen molar-refractivity contribution >= 4 is 28.6 Å². The quantitative estimate of drug-likeness (QED) is 0.804. The molecule has 4 nitrogen and oxygen atoms in total. The molecule has 0 saturated carbocycles. The van der Waals surface area contributed by atoms with Gasteiger partial charge in [0, 0.05) is 19.5 Å². The zero-order chi connectivity index (χ0) is 13.8. The van der Waals surface area contributed by atoms with Gasteiger partial charge in [-0.2, -0.15) is 5.26 Å². The molecule has 1 amide bonds. The molecule has 19 heavy (non-hydrogen) atoms. The topological polar surface area (TPSA) is 57.0 Å². The minimum Gasteiger partial charge on any atom is -0.348 e. The van der Waals surface area contributed by atoms with E-state index < -0.39 is 0 Å². The third-order valence-electron chi connectivity index (χ3n) is 2.64. The van der Waals surface area contributed by atoms with Crippen molar-refractivity contribution in [2.24, 2.45) is 0 Å². The largest absolute Gasteiger partial charge is 0.348 e. The molecule has 0 spiro atoms. The number of nitrogens with zero attached hydrogens (tertiary/aromatic N) is 3. The molecular formula is C14H13N3OS. The predicted octanol–water partition coefficient (Wildman–Crippen LogP) is 2.29. The van der Waals surface area contributed by atoms with Gasteiger partial charge in [0.15, 0.2) is 0 Å². The van der Waals surface area contributed by atoms with Crippen molar-refractivity contribution < 1.29 is 4.79 Å². The smallest absolute Gasteiger partial charge is 0.232 e. The van der Waals surface area contributed by atoms with Gasteiger partial charge >= 0.3 is 0 Å². The predicted molar refractivity (Wildman–Crippen MR) is 75.9 cm³/mol. The van der Waals surface area contributed by atoms with E-state index in [9.17, 15) is 4.79 Å². The van der Waals surface area contributed by atoms with E-state index in [1.807, 2.05) is 30.3 Å². The first kappa shape index (κ1) is 13.4. The van der Waals surface area contributed by atoms with Crippen LogP contribution < -0.4 is 0 Å². The summed E-state index contributed by atoms with van der Waals surface area (Å²) in [5.74, 6) is 0.288. The number of aromatic nitrogens is 1. The normalized spacial score (nSPS) is 10.2. The van der Waals surface area contributed by atoms with Gasteiger partial charge in [0.1, 0.15) is 11.1 Å². The van der Waals surface area contributed by atoms with E-state index in [0.717, 1.165) is 10.9 Å². The first-order valence-corrected chi connectivity index (χ1v) is 6.73. The number of hydrogen-bond acceptors (Lipinski definition) is 4. The standard InChI is InChI=1S/C14H13N3OS/c1-17(2)13(18)9-19-14-11(8-15)7-10-5-3-4-6-12(10)16-14/h3-7H,9H2,1-2H3. The number of thioether (sulfide) groups is 1. The Morgan fingerprint density at radius 1 is 1.42 bits per heavy atom. The summed E-state index contributed by atoms with van der Waals surface area (Å²) in [7, 11) is 3.42. The minimum atomic E-state index is 0.00356. The van der Waals surface area contributed by atoms with Crippen LogP contribution >= 0.6 is 11.8 Å². The van der Waals surface area contributed by atoms with Crippen LogP contribution in [0.3, 0.4) is 0 Å². The number of carbonyl (C=O) groups is 1. The highest BCUT2D eigenvalue weighted by Gasteiger charge is 2.10. The van der Waals surface area contributed by atoms with Gasteiger partial charge in [-0.25, -0.2) is 4.98 Å². The molecule has 0 N–H and O–H groups in total. The fourth-order valence-corrected chi connectivity index (χ4v) is 2.49. The number of benzene rings is 1. The van der Waals surface area contributed by atoms with E-state index in [2.05, 4.69) is 11.1 Å². The first-order chi connectivity index (χ1) is 9.11. The van der Waals surface area contributed by atoms with Gasteiger partial charge in [-0.1, -0.05) is 30.0 Å². The molecule has 1 aromatic heterocycles. The van der Waals surface area contributed by atoms with E-state index in [4.69, 9.17) is 5.26 Å². The van der Waals surface area contributed by atoms with E-state index in [-0.39, 0.29) is 11.7 Å². The van der Waals surface area contributed by atoms with Crippen LogP contribution in [0, 0.1) is 11.3 Å². The van der Waals surface area contributed by atoms with Crippen molar-refractivity contribution in [2.75, 3.05) is 19.8 Å². The number of pyridine rings is 1. The molecule has 5 heteroatoms. The molecule has 2 rings (SSSR count). The molecular weight excluding hydrogens is 258 g/mol. The second-order valence-electron chi connectivity index (χ2n) is 4.22. The van der Waals surface area contributed by atoms with Crippen molar-refractivity contribution in [3.8, 4) is 6.07 Å². The van der Waals surface area contributed by atoms with Crippen molar-refractivity contribution in [3.05, 3.63) is 35.9 Å². The number of nitriles is 1. The molecule has 2 aromatic rings. The molecule has 0 unspecified atom stereocenters. The van der Waals surface area contributed by atoms with Crippen LogP contribution in [0.5, 0.6) is 0 Å². The lowest BCUT2D eigenvalue weighted by Gasteiger charge is -2.10. The number of hydrogen-bond donors (Lipinski definition) is 0. The highest BCUT2D eigenvalue weighted by molar-refractivity contribution is 8.00. The maximum atomic E-state index is 11.6. The van der Waals surface area contributed by atoms with E-state index in [0.29, 0.717) is 10.6 Å². The van der Waals surface area contributed by atoms with Crippen molar-refractivity contribution in [2.45, 2.75) is 5.03 Å². The molecule has 0 saturated heterocycles. The molecule has 0 bridgehead atoms. The SMILES string of the molecule is CN(C)C(=O)CSc1nc2ccccc2cc1C#N. The molecule has 0 radical (unpaired) electrons. The number of carbonyl (C=O) groups excluding carboxylic acids is 1. The van der Waals surface area contributed by atoms with Crippen LogP contribution in [-0.2, 0) is 4.79 Å². The first-order valence-electron chi connectivity index (χ1n) is 5.74. The fourth-order valence-electron chi connectivity index (χ4n) is 1.55. The lowest BCUT2D eigenvalue weighted by atomic mass is 10.2. The van der Waals surface area contributed by atoms with Crippen LogP contribution in [0.4, 0.5) is 0 Å². The number of fused-ring (bicyclic) bond motifs is 1. The van der Waals surface area contributed by atoms with Gasteiger partial charge in [-0.3, -0.25) is 4.79 Å². The maximum Gasteiger partial charge on any atom is 0.232 e. The van der Waals surface area contributed by atoms with E-state index in [1.54, 1.807) is 14.1 Å². The van der Waals surface area contributed by atoms with Crippen molar-refractivity contribution in [3.63, 3.8) is 0 Å². The summed E-state index contributed by atoms with van der Waals surface area (Å²) in [6.07, 6.45) is 0. The summed E-state index contributed by atoms with van der Waals surface area (Å²) < 4.78 is 0. The Hall–Kier alpha value is -2.06.